The third-order valence-electron chi connectivity index (χ3n) is 4.54. The molecule has 3 rings (SSSR count). The zero-order valence-corrected chi connectivity index (χ0v) is 17.5. The SMILES string of the molecule is COc1cc(/C=C(/C#N)C(=O)Nc2ccc(O)cc2)c([N+](=O)[O-])cc1OCc1ccccc1. The van der Waals surface area contributed by atoms with Gasteiger partial charge in [-0.25, -0.2) is 0 Å². The number of hydrogen-bond donors (Lipinski definition) is 2. The number of aromatic hydroxyl groups is 1. The average molecular weight is 445 g/mol. The summed E-state index contributed by atoms with van der Waals surface area (Å²) >= 11 is 0. The van der Waals surface area contributed by atoms with Crippen molar-refractivity contribution in [3.05, 3.63) is 93.5 Å². The molecule has 3 aromatic rings. The quantitative estimate of drug-likeness (QED) is 0.172. The Balaban J connectivity index is 1.92. The summed E-state index contributed by atoms with van der Waals surface area (Å²) in [5.41, 5.74) is 0.496. The number of benzene rings is 3. The number of anilines is 1. The number of rotatable bonds is 8. The van der Waals surface area contributed by atoms with Crippen LogP contribution in [-0.2, 0) is 11.4 Å². The maximum absolute atomic E-state index is 12.5. The normalized spacial score (nSPS) is 10.7. The number of nitro benzene ring substituents is 1. The molecule has 2 N–H and O–H groups in total. The molecule has 33 heavy (non-hydrogen) atoms. The maximum atomic E-state index is 12.5. The lowest BCUT2D eigenvalue weighted by Crippen LogP contribution is -2.13. The highest BCUT2D eigenvalue weighted by molar-refractivity contribution is 6.10. The summed E-state index contributed by atoms with van der Waals surface area (Å²) in [5.74, 6) is -0.390. The standard InChI is InChI=1S/C24H19N3O6/c1-32-22-12-17(11-18(14-25)24(29)26-19-7-9-20(28)10-8-19)21(27(30)31)13-23(22)33-15-16-5-3-2-4-6-16/h2-13,28H,15H2,1H3,(H,26,29)/b18-11-. The predicted molar refractivity (Wildman–Crippen MR) is 121 cm³/mol. The van der Waals surface area contributed by atoms with E-state index in [1.807, 2.05) is 30.3 Å². The molecule has 0 atom stereocenters. The smallest absolute Gasteiger partial charge is 0.280 e. The van der Waals surface area contributed by atoms with E-state index in [1.54, 1.807) is 6.07 Å². The Bertz CT molecular complexity index is 1230. The van der Waals surface area contributed by atoms with E-state index in [2.05, 4.69) is 5.32 Å². The second kappa shape index (κ2) is 10.5. The van der Waals surface area contributed by atoms with Gasteiger partial charge in [0.15, 0.2) is 11.5 Å². The molecule has 9 nitrogen and oxygen atoms in total. The van der Waals surface area contributed by atoms with Gasteiger partial charge in [-0.3, -0.25) is 14.9 Å². The number of nitriles is 1. The van der Waals surface area contributed by atoms with Crippen molar-refractivity contribution < 1.29 is 24.3 Å². The van der Waals surface area contributed by atoms with Crippen LogP contribution < -0.4 is 14.8 Å². The summed E-state index contributed by atoms with van der Waals surface area (Å²) < 4.78 is 11.0. The minimum absolute atomic E-state index is 0.00122. The molecule has 0 aliphatic carbocycles. The van der Waals surface area contributed by atoms with E-state index in [9.17, 15) is 25.3 Å². The van der Waals surface area contributed by atoms with Crippen LogP contribution in [0.1, 0.15) is 11.1 Å². The van der Waals surface area contributed by atoms with Gasteiger partial charge in [-0.1, -0.05) is 30.3 Å². The topological polar surface area (TPSA) is 135 Å². The lowest BCUT2D eigenvalue weighted by atomic mass is 10.1. The van der Waals surface area contributed by atoms with Crippen LogP contribution in [-0.4, -0.2) is 23.0 Å². The number of hydrogen-bond acceptors (Lipinski definition) is 7. The molecule has 0 bridgehead atoms. The first kappa shape index (κ1) is 22.8. The van der Waals surface area contributed by atoms with Gasteiger partial charge in [-0.15, -0.1) is 0 Å². The van der Waals surface area contributed by atoms with Gasteiger partial charge in [0.05, 0.1) is 23.7 Å². The molecule has 9 heteroatoms. The van der Waals surface area contributed by atoms with E-state index in [0.717, 1.165) is 11.6 Å². The van der Waals surface area contributed by atoms with Crippen molar-refractivity contribution in [3.8, 4) is 23.3 Å². The van der Waals surface area contributed by atoms with Crippen LogP contribution in [0.15, 0.2) is 72.3 Å². The van der Waals surface area contributed by atoms with Gasteiger partial charge >= 0.3 is 0 Å². The summed E-state index contributed by atoms with van der Waals surface area (Å²) in [6.07, 6.45) is 1.11. The molecule has 0 saturated heterocycles. The van der Waals surface area contributed by atoms with Gasteiger partial charge in [0.2, 0.25) is 0 Å². The Kier molecular flexibility index (Phi) is 7.24. The molecule has 1 amide bonds. The Morgan fingerprint density at radius 2 is 1.85 bits per heavy atom. The highest BCUT2D eigenvalue weighted by Crippen LogP contribution is 2.36. The molecule has 0 spiro atoms. The molecule has 0 radical (unpaired) electrons. The van der Waals surface area contributed by atoms with Gasteiger partial charge in [0.25, 0.3) is 11.6 Å². The first-order valence-corrected chi connectivity index (χ1v) is 9.66. The average Bonchev–Trinajstić information content (AvgIpc) is 2.83. The van der Waals surface area contributed by atoms with Crippen LogP contribution in [0.2, 0.25) is 0 Å². The molecule has 0 heterocycles. The zero-order chi connectivity index (χ0) is 23.8. The van der Waals surface area contributed by atoms with Crippen molar-refractivity contribution in [2.24, 2.45) is 0 Å². The fourth-order valence-electron chi connectivity index (χ4n) is 2.89. The molecule has 0 saturated carbocycles. The molecule has 3 aromatic carbocycles. The third kappa shape index (κ3) is 5.86. The highest BCUT2D eigenvalue weighted by atomic mass is 16.6. The van der Waals surface area contributed by atoms with Crippen LogP contribution in [0.4, 0.5) is 11.4 Å². The van der Waals surface area contributed by atoms with Crippen LogP contribution >= 0.6 is 0 Å². The lowest BCUT2D eigenvalue weighted by Gasteiger charge is -2.12. The number of amides is 1. The summed E-state index contributed by atoms with van der Waals surface area (Å²) in [6.45, 7) is 0.169. The third-order valence-corrected chi connectivity index (χ3v) is 4.54. The molecular weight excluding hydrogens is 426 g/mol. The fourth-order valence-corrected chi connectivity index (χ4v) is 2.89. The molecule has 166 valence electrons. The Morgan fingerprint density at radius 3 is 2.45 bits per heavy atom. The summed E-state index contributed by atoms with van der Waals surface area (Å²) in [7, 11) is 1.38. The molecule has 0 aliphatic heterocycles. The highest BCUT2D eigenvalue weighted by Gasteiger charge is 2.21. The summed E-state index contributed by atoms with van der Waals surface area (Å²) in [4.78, 5) is 23.6. The second-order valence-electron chi connectivity index (χ2n) is 6.76. The Morgan fingerprint density at radius 1 is 1.15 bits per heavy atom. The molecule has 0 fully saturated rings. The van der Waals surface area contributed by atoms with Crippen molar-refractivity contribution in [1.82, 2.24) is 0 Å². The lowest BCUT2D eigenvalue weighted by molar-refractivity contribution is -0.385. The van der Waals surface area contributed by atoms with Gasteiger partial charge in [-0.2, -0.15) is 5.26 Å². The number of carbonyl (C=O) groups is 1. The molecular formula is C24H19N3O6. The number of nitrogens with zero attached hydrogens (tertiary/aromatic N) is 2. The minimum atomic E-state index is -0.763. The van der Waals surface area contributed by atoms with Gasteiger partial charge < -0.3 is 19.9 Å². The van der Waals surface area contributed by atoms with Gasteiger partial charge in [0, 0.05) is 5.69 Å². The van der Waals surface area contributed by atoms with Crippen molar-refractivity contribution >= 4 is 23.4 Å². The van der Waals surface area contributed by atoms with E-state index in [1.165, 1.54) is 43.5 Å². The van der Waals surface area contributed by atoms with E-state index in [4.69, 9.17) is 9.47 Å². The Labute approximate surface area is 189 Å². The van der Waals surface area contributed by atoms with Crippen molar-refractivity contribution in [3.63, 3.8) is 0 Å². The number of carbonyl (C=O) groups excluding carboxylic acids is 1. The summed E-state index contributed by atoms with van der Waals surface area (Å²) in [6, 6.07) is 19.2. The van der Waals surface area contributed by atoms with Crippen LogP contribution in [0.3, 0.4) is 0 Å². The van der Waals surface area contributed by atoms with E-state index < -0.39 is 10.8 Å². The van der Waals surface area contributed by atoms with Crippen LogP contribution in [0.25, 0.3) is 6.08 Å². The zero-order valence-electron chi connectivity index (χ0n) is 17.5. The van der Waals surface area contributed by atoms with Crippen molar-refractivity contribution in [2.45, 2.75) is 6.61 Å². The number of phenols is 1. The van der Waals surface area contributed by atoms with E-state index in [0.29, 0.717) is 5.69 Å². The minimum Gasteiger partial charge on any atom is -0.508 e. The Hall–Kier alpha value is -4.84. The number of phenolic OH excluding ortho intramolecular Hbond substituents is 1. The van der Waals surface area contributed by atoms with Crippen molar-refractivity contribution in [2.75, 3.05) is 12.4 Å². The molecule has 0 aromatic heterocycles. The van der Waals surface area contributed by atoms with E-state index >= 15 is 0 Å². The van der Waals surface area contributed by atoms with E-state index in [-0.39, 0.29) is 40.7 Å². The maximum Gasteiger partial charge on any atom is 0.280 e. The predicted octanol–water partition coefficient (Wildman–Crippen LogP) is 4.43. The second-order valence-corrected chi connectivity index (χ2v) is 6.76. The number of methoxy groups -OCH3 is 1. The molecule has 0 aliphatic rings. The van der Waals surface area contributed by atoms with Gasteiger partial charge in [0.1, 0.15) is 24.0 Å². The molecule has 0 unspecified atom stereocenters. The summed E-state index contributed by atoms with van der Waals surface area (Å²) in [5, 5.41) is 33.0. The number of ether oxygens (including phenoxy) is 2. The van der Waals surface area contributed by atoms with Crippen LogP contribution in [0, 0.1) is 21.4 Å². The van der Waals surface area contributed by atoms with Gasteiger partial charge in [-0.05, 0) is 42.0 Å². The first-order valence-electron chi connectivity index (χ1n) is 9.66. The number of nitrogens with one attached hydrogen (secondary N) is 1. The monoisotopic (exact) mass is 445 g/mol. The number of nitro groups is 1. The largest absolute Gasteiger partial charge is 0.508 e. The van der Waals surface area contributed by atoms with Crippen molar-refractivity contribution in [1.29, 1.82) is 5.26 Å². The van der Waals surface area contributed by atoms with Crippen LogP contribution in [0.5, 0.6) is 17.2 Å². The first-order chi connectivity index (χ1) is 15.9. The fraction of sp³-hybridized carbons (Fsp3) is 0.0833.